The first-order chi connectivity index (χ1) is 18.2. The van der Waals surface area contributed by atoms with Crippen LogP contribution >= 0.6 is 46.4 Å². The van der Waals surface area contributed by atoms with Gasteiger partial charge in [0, 0.05) is 47.0 Å². The van der Waals surface area contributed by atoms with Crippen molar-refractivity contribution in [3.05, 3.63) is 141 Å². The molecule has 0 amide bonds. The molecule has 39 heavy (non-hydrogen) atoms. The van der Waals surface area contributed by atoms with Gasteiger partial charge in [-0.15, -0.1) is 24.3 Å². The van der Waals surface area contributed by atoms with E-state index in [2.05, 4.69) is 13.8 Å². The van der Waals surface area contributed by atoms with Gasteiger partial charge >= 0.3 is 0 Å². The number of halogens is 4. The molecule has 2 N–H and O–H groups in total. The second-order valence-corrected chi connectivity index (χ2v) is 9.55. The molecule has 0 saturated carbocycles. The van der Waals surface area contributed by atoms with E-state index < -0.39 is 0 Å². The third-order valence-corrected chi connectivity index (χ3v) is 5.80. The molecule has 4 aromatic rings. The maximum absolute atomic E-state index is 9.80. The largest absolute Gasteiger partial charge is 0.506 e. The Morgan fingerprint density at radius 3 is 1.18 bits per heavy atom. The van der Waals surface area contributed by atoms with Gasteiger partial charge in [0.25, 0.3) is 0 Å². The monoisotopic (exact) mass is 772 g/mol. The van der Waals surface area contributed by atoms with Crippen molar-refractivity contribution < 1.29 is 45.5 Å². The van der Waals surface area contributed by atoms with Crippen LogP contribution in [0.1, 0.15) is 22.3 Å². The molecule has 0 unspecified atom stereocenters. The Balaban J connectivity index is 0.000000410. The molecule has 0 aliphatic heterocycles. The molecule has 9 heteroatoms. The fourth-order valence-electron chi connectivity index (χ4n) is 2.90. The van der Waals surface area contributed by atoms with Gasteiger partial charge in [0.05, 0.1) is 36.5 Å². The van der Waals surface area contributed by atoms with E-state index in [4.69, 9.17) is 55.9 Å². The van der Waals surface area contributed by atoms with Crippen LogP contribution in [0.4, 0.5) is 0 Å². The van der Waals surface area contributed by atoms with Crippen LogP contribution in [0.5, 0.6) is 11.5 Å². The third-order valence-electron chi connectivity index (χ3n) is 4.79. The van der Waals surface area contributed by atoms with Crippen molar-refractivity contribution in [1.82, 2.24) is 0 Å². The van der Waals surface area contributed by atoms with E-state index in [1.807, 2.05) is 60.7 Å². The van der Waals surface area contributed by atoms with Gasteiger partial charge in [0.1, 0.15) is 11.5 Å². The topological polar surface area (TPSA) is 58.9 Å². The van der Waals surface area contributed by atoms with Gasteiger partial charge in [-0.25, -0.2) is 0 Å². The van der Waals surface area contributed by atoms with E-state index in [1.54, 1.807) is 12.1 Å². The summed E-state index contributed by atoms with van der Waals surface area (Å²) in [6, 6.07) is 25.8. The van der Waals surface area contributed by atoms with E-state index in [0.29, 0.717) is 21.2 Å². The van der Waals surface area contributed by atoms with Crippen molar-refractivity contribution in [2.75, 3.05) is 13.2 Å². The molecule has 4 nitrogen and oxygen atoms in total. The van der Waals surface area contributed by atoms with Crippen molar-refractivity contribution in [3.8, 4) is 11.5 Å². The minimum Gasteiger partial charge on any atom is -0.506 e. The van der Waals surface area contributed by atoms with Crippen LogP contribution in [0, 0.1) is 13.8 Å². The smallest absolute Gasteiger partial charge is 0.139 e. The summed E-state index contributed by atoms with van der Waals surface area (Å²) < 4.78 is 10.8. The Hall–Kier alpha value is -1.83. The minimum atomic E-state index is -0.0551. The standard InChI is InChI=1S/C16H14Cl4O4.2C7H7.Hf/c17-11-3-9(15(21)13(19)5-11)7-23-1-2-24-8-10-4-12(18)6-14(20)16(10)22;2*1-7-5-3-2-4-6-7;/h3-6,21-22H,1-2,7-8H2;2*2-6H,1H2;/q;2*-1;. The second-order valence-electron chi connectivity index (χ2n) is 7.87. The maximum atomic E-state index is 9.80. The molecule has 0 atom stereocenters. The molecule has 0 aliphatic carbocycles. The van der Waals surface area contributed by atoms with Crippen LogP contribution in [-0.2, 0) is 48.5 Å². The first-order valence-corrected chi connectivity index (χ1v) is 12.9. The van der Waals surface area contributed by atoms with Gasteiger partial charge < -0.3 is 19.7 Å². The summed E-state index contributed by atoms with van der Waals surface area (Å²) in [4.78, 5) is 0. The van der Waals surface area contributed by atoms with Gasteiger partial charge in [0.15, 0.2) is 0 Å². The second kappa shape index (κ2) is 19.3. The van der Waals surface area contributed by atoms with Crippen LogP contribution < -0.4 is 0 Å². The summed E-state index contributed by atoms with van der Waals surface area (Å²) in [5.74, 6) is -0.110. The fraction of sp³-hybridized carbons (Fsp3) is 0.133. The molecule has 4 rings (SSSR count). The Morgan fingerprint density at radius 1 is 0.564 bits per heavy atom. The molecule has 0 heterocycles. The fourth-order valence-corrected chi connectivity index (χ4v) is 3.97. The molecular weight excluding hydrogens is 745 g/mol. The third kappa shape index (κ3) is 13.9. The van der Waals surface area contributed by atoms with Crippen molar-refractivity contribution >= 4 is 46.4 Å². The molecule has 0 radical (unpaired) electrons. The first-order valence-electron chi connectivity index (χ1n) is 11.4. The number of hydrogen-bond donors (Lipinski definition) is 2. The van der Waals surface area contributed by atoms with Crippen molar-refractivity contribution in [1.29, 1.82) is 0 Å². The van der Waals surface area contributed by atoms with Crippen LogP contribution in [-0.4, -0.2) is 23.4 Å². The van der Waals surface area contributed by atoms with E-state index >= 15 is 0 Å². The van der Waals surface area contributed by atoms with Crippen molar-refractivity contribution in [2.24, 2.45) is 0 Å². The predicted molar refractivity (Wildman–Crippen MR) is 157 cm³/mol. The Labute approximate surface area is 269 Å². The molecule has 0 saturated heterocycles. The van der Waals surface area contributed by atoms with E-state index in [1.165, 1.54) is 12.1 Å². The average molecular weight is 773 g/mol. The predicted octanol–water partition coefficient (Wildman–Crippen LogP) is 9.18. The number of benzene rings is 4. The summed E-state index contributed by atoms with van der Waals surface area (Å²) in [5.41, 5.74) is 3.13. The van der Waals surface area contributed by atoms with Crippen molar-refractivity contribution in [2.45, 2.75) is 13.2 Å². The molecule has 0 fully saturated rings. The molecule has 206 valence electrons. The van der Waals surface area contributed by atoms with E-state index in [-0.39, 0.29) is 73.8 Å². The summed E-state index contributed by atoms with van der Waals surface area (Å²) in [6.07, 6.45) is 0. The summed E-state index contributed by atoms with van der Waals surface area (Å²) in [6.45, 7) is 8.28. The summed E-state index contributed by atoms with van der Waals surface area (Å²) in [7, 11) is 0. The maximum Gasteiger partial charge on any atom is 0.139 e. The number of phenols is 2. The van der Waals surface area contributed by atoms with Crippen LogP contribution in [0.3, 0.4) is 0 Å². The quantitative estimate of drug-likeness (QED) is 0.112. The zero-order valence-electron chi connectivity index (χ0n) is 21.0. The normalized spacial score (nSPS) is 9.85. The molecule has 0 spiro atoms. The SMILES string of the molecule is Oc1c(Cl)cc(Cl)cc1COCCOCc1cc(Cl)cc(Cl)c1O.[CH2-]c1ccccc1.[CH2-]c1ccccc1.[Hf]. The zero-order valence-corrected chi connectivity index (χ0v) is 27.7. The van der Waals surface area contributed by atoms with Gasteiger partial charge in [-0.1, -0.05) is 58.5 Å². The van der Waals surface area contributed by atoms with Gasteiger partial charge in [-0.05, 0) is 24.3 Å². The molecular formula is C30H28Cl4HfO4-2. The molecule has 0 aliphatic rings. The number of ether oxygens (including phenoxy) is 2. The zero-order chi connectivity index (χ0) is 27.9. The summed E-state index contributed by atoms with van der Waals surface area (Å²) >= 11 is 23.4. The number of hydrogen-bond acceptors (Lipinski definition) is 4. The van der Waals surface area contributed by atoms with Crippen LogP contribution in [0.25, 0.3) is 0 Å². The van der Waals surface area contributed by atoms with E-state index in [9.17, 15) is 10.2 Å². The molecule has 0 bridgehead atoms. The first kappa shape index (κ1) is 35.2. The Kier molecular flexibility index (Phi) is 17.4. The van der Waals surface area contributed by atoms with Crippen molar-refractivity contribution in [3.63, 3.8) is 0 Å². The molecule has 0 aromatic heterocycles. The average Bonchev–Trinajstić information content (AvgIpc) is 2.88. The van der Waals surface area contributed by atoms with Gasteiger partial charge in [0.2, 0.25) is 0 Å². The Morgan fingerprint density at radius 2 is 0.897 bits per heavy atom. The number of phenolic OH excluding ortho intramolecular Hbond substituents is 2. The number of aromatic hydroxyl groups is 2. The summed E-state index contributed by atoms with van der Waals surface area (Å²) in [5, 5.41) is 20.8. The Bertz CT molecular complexity index is 1160. The van der Waals surface area contributed by atoms with Gasteiger partial charge in [-0.3, -0.25) is 0 Å². The number of rotatable bonds is 7. The van der Waals surface area contributed by atoms with E-state index in [0.717, 1.165) is 11.1 Å². The van der Waals surface area contributed by atoms with Gasteiger partial charge in [-0.2, -0.15) is 49.2 Å². The molecule has 4 aromatic carbocycles. The van der Waals surface area contributed by atoms with Crippen LogP contribution in [0.2, 0.25) is 20.1 Å². The minimum absolute atomic E-state index is 0. The van der Waals surface area contributed by atoms with Crippen LogP contribution in [0.15, 0.2) is 84.9 Å².